The molecule has 1 saturated heterocycles. The van der Waals surface area contributed by atoms with E-state index in [1.54, 1.807) is 0 Å². The number of methoxy groups -OCH3 is 1. The zero-order chi connectivity index (χ0) is 11.9. The van der Waals surface area contributed by atoms with Crippen LogP contribution in [-0.2, 0) is 9.53 Å². The van der Waals surface area contributed by atoms with Crippen LogP contribution in [0.4, 0.5) is 5.69 Å². The number of rotatable bonds is 2. The van der Waals surface area contributed by atoms with Crippen molar-refractivity contribution in [3.63, 3.8) is 0 Å². The number of carbonyl (C=O) groups is 2. The smallest absolute Gasteiger partial charge is 0.350 e. The maximum atomic E-state index is 11.5. The lowest BCUT2D eigenvalue weighted by Gasteiger charge is -2.36. The Labute approximate surface area is 96.8 Å². The van der Waals surface area contributed by atoms with Crippen LogP contribution in [0, 0.1) is 6.92 Å². The van der Waals surface area contributed by atoms with Gasteiger partial charge in [-0.05, 0) is 17.9 Å². The van der Waals surface area contributed by atoms with E-state index >= 15 is 0 Å². The van der Waals surface area contributed by atoms with Crippen molar-refractivity contribution in [2.75, 3.05) is 18.6 Å². The molecule has 1 atom stereocenters. The molecule has 0 saturated carbocycles. The molecule has 0 radical (unpaired) electrons. The third kappa shape index (κ3) is 1.50. The number of aryl methyl sites for hydroxylation is 1. The van der Waals surface area contributed by atoms with E-state index in [1.165, 1.54) is 23.3 Å². The summed E-state index contributed by atoms with van der Waals surface area (Å²) in [6, 6.07) is -0.440. The molecule has 6 heteroatoms. The maximum absolute atomic E-state index is 11.5. The Morgan fingerprint density at radius 1 is 1.69 bits per heavy atom. The molecular formula is C10H12N2O3S. The molecule has 1 aromatic heterocycles. The van der Waals surface area contributed by atoms with Gasteiger partial charge in [-0.3, -0.25) is 4.79 Å². The molecule has 0 aliphatic carbocycles. The van der Waals surface area contributed by atoms with Crippen molar-refractivity contribution in [1.82, 2.24) is 0 Å². The van der Waals surface area contributed by atoms with Crippen molar-refractivity contribution in [2.45, 2.75) is 13.0 Å². The van der Waals surface area contributed by atoms with Crippen LogP contribution in [0.1, 0.15) is 15.2 Å². The van der Waals surface area contributed by atoms with E-state index in [2.05, 4.69) is 4.74 Å². The van der Waals surface area contributed by atoms with Crippen LogP contribution in [0.2, 0.25) is 0 Å². The summed E-state index contributed by atoms with van der Waals surface area (Å²) in [5.74, 6) is -0.562. The zero-order valence-corrected chi connectivity index (χ0v) is 9.84. The normalized spacial score (nSPS) is 19.6. The number of thiophene rings is 1. The number of hydrogen-bond acceptors (Lipinski definition) is 5. The van der Waals surface area contributed by atoms with Gasteiger partial charge in [-0.2, -0.15) is 0 Å². The first-order valence-corrected chi connectivity index (χ1v) is 5.67. The molecule has 1 amide bonds. The first kappa shape index (κ1) is 11.1. The van der Waals surface area contributed by atoms with Gasteiger partial charge in [-0.25, -0.2) is 4.79 Å². The third-order valence-electron chi connectivity index (χ3n) is 2.55. The minimum Gasteiger partial charge on any atom is -0.465 e. The van der Waals surface area contributed by atoms with Crippen LogP contribution in [0.3, 0.4) is 0 Å². The summed E-state index contributed by atoms with van der Waals surface area (Å²) >= 11 is 1.28. The summed E-state index contributed by atoms with van der Waals surface area (Å²) in [5.41, 5.74) is 7.06. The van der Waals surface area contributed by atoms with Crippen LogP contribution in [0.25, 0.3) is 0 Å². The molecule has 16 heavy (non-hydrogen) atoms. The second-order valence-corrected chi connectivity index (χ2v) is 4.52. The van der Waals surface area contributed by atoms with Gasteiger partial charge in [0.15, 0.2) is 0 Å². The average Bonchev–Trinajstić information content (AvgIpc) is 2.66. The average molecular weight is 240 g/mol. The number of nitrogens with zero attached hydrogens (tertiary/aromatic N) is 1. The molecule has 2 heterocycles. The summed E-state index contributed by atoms with van der Waals surface area (Å²) in [5, 5.41) is 1.83. The lowest BCUT2D eigenvalue weighted by molar-refractivity contribution is -0.123. The monoisotopic (exact) mass is 240 g/mol. The first-order chi connectivity index (χ1) is 7.56. The second-order valence-electron chi connectivity index (χ2n) is 3.64. The van der Waals surface area contributed by atoms with Gasteiger partial charge in [-0.15, -0.1) is 11.3 Å². The van der Waals surface area contributed by atoms with Gasteiger partial charge in [-0.1, -0.05) is 0 Å². The number of esters is 1. The largest absolute Gasteiger partial charge is 0.465 e. The Morgan fingerprint density at radius 3 is 2.88 bits per heavy atom. The Kier molecular flexibility index (Phi) is 2.69. The topological polar surface area (TPSA) is 72.6 Å². The van der Waals surface area contributed by atoms with E-state index in [9.17, 15) is 9.59 Å². The number of anilines is 1. The highest BCUT2D eigenvalue weighted by atomic mass is 32.1. The maximum Gasteiger partial charge on any atom is 0.350 e. The minimum absolute atomic E-state index is 0.147. The van der Waals surface area contributed by atoms with Gasteiger partial charge in [0.2, 0.25) is 5.91 Å². The quantitative estimate of drug-likeness (QED) is 0.604. The molecule has 1 unspecified atom stereocenters. The van der Waals surface area contributed by atoms with Crippen LogP contribution in [0.5, 0.6) is 0 Å². The molecule has 5 nitrogen and oxygen atoms in total. The Morgan fingerprint density at radius 2 is 2.38 bits per heavy atom. The third-order valence-corrected chi connectivity index (χ3v) is 3.61. The second kappa shape index (κ2) is 3.88. The Hall–Kier alpha value is -1.40. The summed E-state index contributed by atoms with van der Waals surface area (Å²) in [6.45, 7) is 2.32. The number of nitrogens with two attached hydrogens (primary N) is 1. The van der Waals surface area contributed by atoms with Gasteiger partial charge >= 0.3 is 5.97 Å². The molecule has 1 aliphatic rings. The molecule has 1 aromatic rings. The highest BCUT2D eigenvalue weighted by Crippen LogP contribution is 2.34. The lowest BCUT2D eigenvalue weighted by Crippen LogP contribution is -2.61. The predicted molar refractivity (Wildman–Crippen MR) is 60.7 cm³/mol. The molecule has 0 spiro atoms. The van der Waals surface area contributed by atoms with E-state index in [-0.39, 0.29) is 5.91 Å². The Balaban J connectivity index is 2.37. The zero-order valence-electron chi connectivity index (χ0n) is 9.02. The number of hydrogen-bond donors (Lipinski definition) is 1. The van der Waals surface area contributed by atoms with Crippen LogP contribution < -0.4 is 10.6 Å². The fourth-order valence-electron chi connectivity index (χ4n) is 1.66. The number of β-lactam (4-membered cyclic amide) rings is 1. The molecule has 2 rings (SSSR count). The van der Waals surface area contributed by atoms with Crippen LogP contribution in [0.15, 0.2) is 5.38 Å². The van der Waals surface area contributed by atoms with Gasteiger partial charge in [0.05, 0.1) is 19.3 Å². The summed E-state index contributed by atoms with van der Waals surface area (Å²) < 4.78 is 4.67. The van der Waals surface area contributed by atoms with E-state index < -0.39 is 12.0 Å². The first-order valence-electron chi connectivity index (χ1n) is 4.79. The van der Waals surface area contributed by atoms with E-state index in [4.69, 9.17) is 5.73 Å². The van der Waals surface area contributed by atoms with Crippen molar-refractivity contribution in [1.29, 1.82) is 0 Å². The highest BCUT2D eigenvalue weighted by molar-refractivity contribution is 7.12. The molecule has 2 N–H and O–H groups in total. The lowest BCUT2D eigenvalue weighted by atomic mass is 10.1. The fourth-order valence-corrected chi connectivity index (χ4v) is 2.63. The standard InChI is InChI=1S/C10H12N2O3S/c1-5-4-16-8(10(14)15-2)7(5)12-3-6(11)9(12)13/h4,6H,3,11H2,1-2H3. The molecule has 86 valence electrons. The van der Waals surface area contributed by atoms with Crippen LogP contribution in [-0.4, -0.2) is 31.6 Å². The molecule has 0 bridgehead atoms. The number of carbonyl (C=O) groups excluding carboxylic acids is 2. The van der Waals surface area contributed by atoms with Crippen molar-refractivity contribution >= 4 is 28.9 Å². The number of ether oxygens (including phenoxy) is 1. The summed E-state index contributed by atoms with van der Waals surface area (Å²) in [7, 11) is 1.32. The van der Waals surface area contributed by atoms with Gasteiger partial charge in [0.1, 0.15) is 10.9 Å². The van der Waals surface area contributed by atoms with E-state index in [0.29, 0.717) is 17.1 Å². The van der Waals surface area contributed by atoms with Crippen LogP contribution >= 0.6 is 11.3 Å². The highest BCUT2D eigenvalue weighted by Gasteiger charge is 2.38. The van der Waals surface area contributed by atoms with E-state index in [1.807, 2.05) is 12.3 Å². The van der Waals surface area contributed by atoms with E-state index in [0.717, 1.165) is 5.56 Å². The van der Waals surface area contributed by atoms with Gasteiger partial charge in [0.25, 0.3) is 0 Å². The molecule has 1 fully saturated rings. The summed E-state index contributed by atoms with van der Waals surface area (Å²) in [4.78, 5) is 25.0. The van der Waals surface area contributed by atoms with Crippen molar-refractivity contribution < 1.29 is 14.3 Å². The number of amides is 1. The predicted octanol–water partition coefficient (Wildman–Crippen LogP) is 0.517. The van der Waals surface area contributed by atoms with Crippen molar-refractivity contribution in [3.8, 4) is 0 Å². The minimum atomic E-state index is -0.440. The van der Waals surface area contributed by atoms with Crippen molar-refractivity contribution in [3.05, 3.63) is 15.8 Å². The SMILES string of the molecule is COC(=O)c1scc(C)c1N1CC(N)C1=O. The fraction of sp³-hybridized carbons (Fsp3) is 0.400. The molecule has 1 aliphatic heterocycles. The van der Waals surface area contributed by atoms with Gasteiger partial charge in [0, 0.05) is 0 Å². The molecular weight excluding hydrogens is 228 g/mol. The van der Waals surface area contributed by atoms with Crippen molar-refractivity contribution in [2.24, 2.45) is 5.73 Å². The Bertz CT molecular complexity index is 455. The van der Waals surface area contributed by atoms with Gasteiger partial charge < -0.3 is 15.4 Å². The molecule has 0 aromatic carbocycles. The summed E-state index contributed by atoms with van der Waals surface area (Å²) in [6.07, 6.45) is 0.